The number of aromatic amines is 1. The van der Waals surface area contributed by atoms with Crippen LogP contribution in [-0.4, -0.2) is 22.0 Å². The number of halogens is 2. The summed E-state index contributed by atoms with van der Waals surface area (Å²) in [4.78, 5) is 44.6. The zero-order valence-electron chi connectivity index (χ0n) is 19.0. The van der Waals surface area contributed by atoms with E-state index >= 15 is 0 Å². The number of benzene rings is 3. The molecule has 1 fully saturated rings. The first-order chi connectivity index (χ1) is 17.9. The molecule has 1 N–H and O–H groups in total. The number of nitrogens with zero attached hydrogens (tertiary/aromatic N) is 1. The van der Waals surface area contributed by atoms with Crippen molar-refractivity contribution in [2.45, 2.75) is 22.8 Å². The Balaban J connectivity index is 1.45. The first kappa shape index (κ1) is 24.5. The van der Waals surface area contributed by atoms with E-state index in [9.17, 15) is 14.4 Å². The molecule has 0 aliphatic carbocycles. The number of ether oxygens (including phenoxy) is 1. The number of aromatic nitrogens is 1. The molecule has 3 aromatic carbocycles. The Kier molecular flexibility index (Phi) is 6.48. The van der Waals surface area contributed by atoms with Gasteiger partial charge in [-0.15, -0.1) is 0 Å². The zero-order valence-corrected chi connectivity index (χ0v) is 23.0. The Morgan fingerprint density at radius 2 is 1.73 bits per heavy atom. The van der Waals surface area contributed by atoms with Gasteiger partial charge in [0, 0.05) is 25.9 Å². The van der Waals surface area contributed by atoms with E-state index in [0.29, 0.717) is 28.1 Å². The summed E-state index contributed by atoms with van der Waals surface area (Å²) in [6.45, 7) is 0.338. The minimum Gasteiger partial charge on any atom is -0.489 e. The molecule has 10 heteroatoms. The van der Waals surface area contributed by atoms with E-state index in [0.717, 1.165) is 31.8 Å². The molecule has 0 spiro atoms. The number of rotatable bonds is 5. The van der Waals surface area contributed by atoms with Crippen molar-refractivity contribution in [1.29, 1.82) is 0 Å². The van der Waals surface area contributed by atoms with Gasteiger partial charge < -0.3 is 9.72 Å². The zero-order chi connectivity index (χ0) is 25.7. The Labute approximate surface area is 233 Å². The fourth-order valence-electron chi connectivity index (χ4n) is 4.83. The lowest BCUT2D eigenvalue weighted by Crippen LogP contribution is -2.32. The number of thioether (sulfide) groups is 1. The van der Waals surface area contributed by atoms with Gasteiger partial charge in [0.15, 0.2) is 0 Å². The van der Waals surface area contributed by atoms with Crippen LogP contribution < -0.4 is 14.5 Å². The summed E-state index contributed by atoms with van der Waals surface area (Å²) < 4.78 is 7.06. The van der Waals surface area contributed by atoms with Gasteiger partial charge in [-0.2, -0.15) is 0 Å². The van der Waals surface area contributed by atoms with Crippen LogP contribution in [-0.2, 0) is 16.2 Å². The van der Waals surface area contributed by atoms with E-state index in [2.05, 4.69) is 20.9 Å². The topological polar surface area (TPSA) is 79.5 Å². The second kappa shape index (κ2) is 9.79. The number of carbonyl (C=O) groups excluding carboxylic acids is 2. The highest BCUT2D eigenvalue weighted by Crippen LogP contribution is 2.54. The summed E-state index contributed by atoms with van der Waals surface area (Å²) in [5, 5.41) is 0.447. The molecule has 2 amide bonds. The third-order valence-electron chi connectivity index (χ3n) is 6.45. The first-order valence-electron chi connectivity index (χ1n) is 11.4. The molecular formula is C27H18BrClN2O4S2. The van der Waals surface area contributed by atoms with Crippen LogP contribution in [0.1, 0.15) is 21.9 Å². The van der Waals surface area contributed by atoms with Gasteiger partial charge in [0.2, 0.25) is 11.8 Å². The monoisotopic (exact) mass is 612 g/mol. The lowest BCUT2D eigenvalue weighted by molar-refractivity contribution is -0.122. The van der Waals surface area contributed by atoms with Crippen LogP contribution in [0.2, 0.25) is 5.02 Å². The second-order valence-electron chi connectivity index (χ2n) is 8.69. The van der Waals surface area contributed by atoms with Crippen LogP contribution in [0.15, 0.2) is 87.1 Å². The van der Waals surface area contributed by atoms with Crippen molar-refractivity contribution in [3.63, 3.8) is 0 Å². The van der Waals surface area contributed by atoms with Gasteiger partial charge in [0.25, 0.3) is 0 Å². The predicted octanol–water partition coefficient (Wildman–Crippen LogP) is 6.23. The van der Waals surface area contributed by atoms with Gasteiger partial charge in [0.1, 0.15) is 17.6 Å². The number of nitrogens with one attached hydrogen (secondary N) is 1. The van der Waals surface area contributed by atoms with Gasteiger partial charge in [-0.1, -0.05) is 81.0 Å². The molecule has 6 rings (SSSR count). The number of imide groups is 1. The van der Waals surface area contributed by atoms with Gasteiger partial charge in [0.05, 0.1) is 16.6 Å². The Bertz CT molecular complexity index is 1570. The van der Waals surface area contributed by atoms with E-state index < -0.39 is 17.1 Å². The Hall–Kier alpha value is -2.85. The molecule has 1 saturated heterocycles. The molecule has 2 unspecified atom stereocenters. The SMILES string of the molecule is O=C1C2Sc3[nH]c(=O)sc3[C@H](c3cc(Br)ccc3OCc3ccccc3)C2C(=O)N1c1ccc(Cl)cc1. The number of anilines is 1. The molecule has 186 valence electrons. The third kappa shape index (κ3) is 4.44. The second-order valence-corrected chi connectivity index (χ2v) is 12.2. The molecule has 3 atom stereocenters. The average Bonchev–Trinajstić information content (AvgIpc) is 3.39. The summed E-state index contributed by atoms with van der Waals surface area (Å²) in [5.74, 6) is -1.27. The minimum atomic E-state index is -0.708. The summed E-state index contributed by atoms with van der Waals surface area (Å²) in [7, 11) is 0. The van der Waals surface area contributed by atoms with E-state index in [1.54, 1.807) is 24.3 Å². The third-order valence-corrected chi connectivity index (χ3v) is 9.60. The van der Waals surface area contributed by atoms with E-state index in [4.69, 9.17) is 16.3 Å². The van der Waals surface area contributed by atoms with Gasteiger partial charge in [-0.25, -0.2) is 4.90 Å². The molecule has 2 aliphatic rings. The van der Waals surface area contributed by atoms with Crippen molar-refractivity contribution in [2.75, 3.05) is 4.90 Å². The molecule has 4 aromatic rings. The van der Waals surface area contributed by atoms with E-state index in [1.165, 1.54) is 16.7 Å². The van der Waals surface area contributed by atoms with Crippen LogP contribution in [0.25, 0.3) is 0 Å². The number of carbonyl (C=O) groups is 2. The maximum atomic E-state index is 13.9. The Morgan fingerprint density at radius 3 is 2.49 bits per heavy atom. The summed E-state index contributed by atoms with van der Waals surface area (Å²) in [6.07, 6.45) is 0. The molecule has 0 saturated carbocycles. The van der Waals surface area contributed by atoms with Gasteiger partial charge in [-0.05, 0) is 48.0 Å². The molecule has 3 heterocycles. The van der Waals surface area contributed by atoms with Crippen LogP contribution >= 0.6 is 50.6 Å². The normalized spacial score (nSPS) is 20.6. The maximum Gasteiger partial charge on any atom is 0.305 e. The highest BCUT2D eigenvalue weighted by molar-refractivity contribution is 9.10. The largest absolute Gasteiger partial charge is 0.489 e. The number of hydrogen-bond donors (Lipinski definition) is 1. The quantitative estimate of drug-likeness (QED) is 0.270. The van der Waals surface area contributed by atoms with E-state index in [1.807, 2.05) is 48.5 Å². The van der Waals surface area contributed by atoms with Crippen LogP contribution in [0.3, 0.4) is 0 Å². The lowest BCUT2D eigenvalue weighted by Gasteiger charge is -2.31. The number of H-pyrrole nitrogens is 1. The molecular weight excluding hydrogens is 596 g/mol. The standard InChI is InChI=1S/C27H18BrClN2O4S2/c28-15-6-11-19(35-13-14-4-2-1-3-5-14)18(12-15)20-21-23(36-24-22(20)37-27(34)30-24)26(33)31(25(21)32)17-9-7-16(29)8-10-17/h1-12,20-21,23H,13H2,(H,30,34)/t20-,21?,23?/m1/s1. The van der Waals surface area contributed by atoms with Crippen molar-refractivity contribution in [1.82, 2.24) is 4.98 Å². The lowest BCUT2D eigenvalue weighted by atomic mass is 9.82. The highest BCUT2D eigenvalue weighted by atomic mass is 79.9. The molecule has 1 aromatic heterocycles. The van der Waals surface area contributed by atoms with Crippen molar-refractivity contribution in [2.24, 2.45) is 5.92 Å². The molecule has 6 nitrogen and oxygen atoms in total. The average molecular weight is 614 g/mol. The fraction of sp³-hybridized carbons (Fsp3) is 0.148. The smallest absolute Gasteiger partial charge is 0.305 e. The van der Waals surface area contributed by atoms with Crippen molar-refractivity contribution in [3.05, 3.63) is 108 Å². The molecule has 37 heavy (non-hydrogen) atoms. The van der Waals surface area contributed by atoms with Crippen LogP contribution in [0, 0.1) is 5.92 Å². The van der Waals surface area contributed by atoms with Crippen LogP contribution in [0.5, 0.6) is 5.75 Å². The summed E-state index contributed by atoms with van der Waals surface area (Å²) in [5.41, 5.74) is 2.22. The molecule has 2 aliphatic heterocycles. The first-order valence-corrected chi connectivity index (χ1v) is 14.3. The number of thiazole rings is 1. The maximum absolute atomic E-state index is 13.9. The van der Waals surface area contributed by atoms with Gasteiger partial charge >= 0.3 is 4.87 Å². The minimum absolute atomic E-state index is 0.223. The fourth-order valence-corrected chi connectivity index (χ4v) is 7.84. The number of amides is 2. The predicted molar refractivity (Wildman–Crippen MR) is 149 cm³/mol. The van der Waals surface area contributed by atoms with Crippen molar-refractivity contribution in [3.8, 4) is 5.75 Å². The van der Waals surface area contributed by atoms with Crippen molar-refractivity contribution < 1.29 is 14.3 Å². The van der Waals surface area contributed by atoms with Gasteiger partial charge in [-0.3, -0.25) is 14.4 Å². The van der Waals surface area contributed by atoms with Crippen LogP contribution in [0.4, 0.5) is 5.69 Å². The van der Waals surface area contributed by atoms with E-state index in [-0.39, 0.29) is 16.7 Å². The number of hydrogen-bond acceptors (Lipinski definition) is 6. The summed E-state index contributed by atoms with van der Waals surface area (Å²) in [6, 6.07) is 22.1. The molecule has 0 bridgehead atoms. The summed E-state index contributed by atoms with van der Waals surface area (Å²) >= 11 is 11.9. The van der Waals surface area contributed by atoms with Crippen molar-refractivity contribution >= 4 is 68.1 Å². The highest BCUT2D eigenvalue weighted by Gasteiger charge is 2.56. The Morgan fingerprint density at radius 1 is 0.973 bits per heavy atom. The molecule has 0 radical (unpaired) electrons. The number of fused-ring (bicyclic) bond motifs is 2.